The van der Waals surface area contributed by atoms with E-state index < -0.39 is 5.60 Å². The average molecular weight is 266 g/mol. The summed E-state index contributed by atoms with van der Waals surface area (Å²) in [6.45, 7) is 1.78. The first-order valence-corrected chi connectivity index (χ1v) is 6.53. The number of hydrogen-bond donors (Lipinski definition) is 2. The fraction of sp³-hybridized carbons (Fsp3) is 0.200. The molecule has 0 amide bonds. The number of aromatic amines is 1. The van der Waals surface area contributed by atoms with Crippen LogP contribution in [-0.2, 0) is 5.60 Å². The van der Waals surface area contributed by atoms with Gasteiger partial charge in [0.1, 0.15) is 11.4 Å². The van der Waals surface area contributed by atoms with Crippen molar-refractivity contribution in [1.82, 2.24) is 19.5 Å². The van der Waals surface area contributed by atoms with Crippen LogP contribution in [0.25, 0.3) is 11.3 Å². The van der Waals surface area contributed by atoms with Gasteiger partial charge < -0.3 is 14.7 Å². The van der Waals surface area contributed by atoms with E-state index >= 15 is 0 Å². The molecule has 5 nitrogen and oxygen atoms in total. The van der Waals surface area contributed by atoms with Crippen LogP contribution in [0.5, 0.6) is 0 Å². The monoisotopic (exact) mass is 266 g/mol. The summed E-state index contributed by atoms with van der Waals surface area (Å²) in [5.41, 5.74) is 2.09. The van der Waals surface area contributed by atoms with Gasteiger partial charge in [0, 0.05) is 18.0 Å². The van der Waals surface area contributed by atoms with Gasteiger partial charge in [0.25, 0.3) is 0 Å². The summed E-state index contributed by atoms with van der Waals surface area (Å²) in [4.78, 5) is 11.4. The van der Waals surface area contributed by atoms with E-state index in [1.54, 1.807) is 25.6 Å². The van der Waals surface area contributed by atoms with Crippen molar-refractivity contribution in [3.63, 3.8) is 0 Å². The van der Waals surface area contributed by atoms with Crippen molar-refractivity contribution in [3.8, 4) is 11.3 Å². The molecule has 2 N–H and O–H groups in total. The van der Waals surface area contributed by atoms with E-state index in [4.69, 9.17) is 0 Å². The number of nitrogens with one attached hydrogen (secondary N) is 1. The molecule has 1 aliphatic rings. The molecular weight excluding hydrogens is 252 g/mol. The fourth-order valence-corrected chi connectivity index (χ4v) is 3.08. The summed E-state index contributed by atoms with van der Waals surface area (Å²) >= 11 is 0. The molecule has 0 spiro atoms. The molecule has 4 rings (SSSR count). The molecule has 0 bridgehead atoms. The molecule has 100 valence electrons. The highest BCUT2D eigenvalue weighted by Gasteiger charge is 2.43. The molecule has 5 heteroatoms. The highest BCUT2D eigenvalue weighted by molar-refractivity contribution is 5.69. The number of aromatic nitrogens is 4. The molecule has 2 aromatic heterocycles. The molecule has 0 saturated carbocycles. The van der Waals surface area contributed by atoms with Gasteiger partial charge in [-0.15, -0.1) is 0 Å². The summed E-state index contributed by atoms with van der Waals surface area (Å²) in [5.74, 6) is 0.554. The smallest absolute Gasteiger partial charge is 0.144 e. The van der Waals surface area contributed by atoms with Crippen LogP contribution in [0.2, 0.25) is 0 Å². The molecule has 0 aliphatic carbocycles. The van der Waals surface area contributed by atoms with Crippen molar-refractivity contribution in [2.75, 3.05) is 0 Å². The highest BCUT2D eigenvalue weighted by Crippen LogP contribution is 2.46. The summed E-state index contributed by atoms with van der Waals surface area (Å²) in [7, 11) is 0. The predicted molar refractivity (Wildman–Crippen MR) is 74.0 cm³/mol. The molecule has 0 fully saturated rings. The van der Waals surface area contributed by atoms with Crippen molar-refractivity contribution in [2.45, 2.75) is 18.6 Å². The lowest BCUT2D eigenvalue weighted by atomic mass is 9.89. The average Bonchev–Trinajstić information content (AvgIpc) is 3.15. The fourth-order valence-electron chi connectivity index (χ4n) is 3.08. The van der Waals surface area contributed by atoms with Crippen molar-refractivity contribution in [3.05, 3.63) is 60.6 Å². The topological polar surface area (TPSA) is 66.7 Å². The number of imidazole rings is 2. The highest BCUT2D eigenvalue weighted by atomic mass is 16.3. The molecule has 1 aliphatic heterocycles. The van der Waals surface area contributed by atoms with Gasteiger partial charge in [-0.3, -0.25) is 0 Å². The summed E-state index contributed by atoms with van der Waals surface area (Å²) in [6.07, 6.45) is 6.97. The third-order valence-electron chi connectivity index (χ3n) is 3.99. The summed E-state index contributed by atoms with van der Waals surface area (Å²) < 4.78 is 2.01. The normalized spacial score (nSPS) is 19.4. The maximum atomic E-state index is 11.0. The lowest BCUT2D eigenvalue weighted by molar-refractivity contribution is 0.0106. The quantitative estimate of drug-likeness (QED) is 0.746. The Balaban J connectivity index is 1.95. The first kappa shape index (κ1) is 11.4. The number of nitrogens with zero attached hydrogens (tertiary/aromatic N) is 3. The van der Waals surface area contributed by atoms with Crippen molar-refractivity contribution in [1.29, 1.82) is 0 Å². The minimum absolute atomic E-state index is 0.234. The van der Waals surface area contributed by atoms with Gasteiger partial charge in [0.2, 0.25) is 0 Å². The van der Waals surface area contributed by atoms with Crippen LogP contribution in [0.1, 0.15) is 24.4 Å². The van der Waals surface area contributed by atoms with Crippen LogP contribution >= 0.6 is 0 Å². The van der Waals surface area contributed by atoms with Crippen molar-refractivity contribution in [2.24, 2.45) is 0 Å². The van der Waals surface area contributed by atoms with Crippen LogP contribution in [0.4, 0.5) is 0 Å². The molecule has 1 unspecified atom stereocenters. The zero-order valence-corrected chi connectivity index (χ0v) is 11.0. The van der Waals surface area contributed by atoms with Crippen LogP contribution in [0.15, 0.2) is 49.2 Å². The Hall–Kier alpha value is -2.40. The van der Waals surface area contributed by atoms with E-state index in [9.17, 15) is 5.11 Å². The van der Waals surface area contributed by atoms with E-state index in [1.165, 1.54) is 0 Å². The number of H-pyrrole nitrogens is 1. The Kier molecular flexibility index (Phi) is 2.17. The molecule has 1 aromatic carbocycles. The van der Waals surface area contributed by atoms with Gasteiger partial charge in [-0.1, -0.05) is 24.3 Å². The largest absolute Gasteiger partial charge is 0.380 e. The minimum Gasteiger partial charge on any atom is -0.380 e. The van der Waals surface area contributed by atoms with Gasteiger partial charge in [-0.2, -0.15) is 0 Å². The van der Waals surface area contributed by atoms with Crippen LogP contribution < -0.4 is 0 Å². The van der Waals surface area contributed by atoms with E-state index in [-0.39, 0.29) is 6.04 Å². The van der Waals surface area contributed by atoms with E-state index in [0.717, 1.165) is 16.8 Å². The Morgan fingerprint density at radius 3 is 3.00 bits per heavy atom. The van der Waals surface area contributed by atoms with Crippen LogP contribution in [-0.4, -0.2) is 24.6 Å². The molecular formula is C15H14N4O. The zero-order chi connectivity index (χ0) is 13.7. The second kappa shape index (κ2) is 3.80. The van der Waals surface area contributed by atoms with E-state index in [1.807, 2.05) is 29.0 Å². The summed E-state index contributed by atoms with van der Waals surface area (Å²) in [6, 6.07) is 7.86. The van der Waals surface area contributed by atoms with Gasteiger partial charge in [0.05, 0.1) is 24.3 Å². The SMILES string of the molecule is CC(O)(c1ncc[nH]1)[C@@H]1c2ccccc2-c2cncn21. The Morgan fingerprint density at radius 1 is 1.35 bits per heavy atom. The molecule has 3 aromatic rings. The Labute approximate surface area is 115 Å². The number of aliphatic hydroxyl groups is 1. The third kappa shape index (κ3) is 1.35. The predicted octanol–water partition coefficient (Wildman–Crippen LogP) is 2.08. The van der Waals surface area contributed by atoms with Gasteiger partial charge in [-0.25, -0.2) is 9.97 Å². The van der Waals surface area contributed by atoms with Crippen LogP contribution in [0, 0.1) is 0 Å². The zero-order valence-electron chi connectivity index (χ0n) is 11.0. The summed E-state index contributed by atoms with van der Waals surface area (Å²) in [5, 5.41) is 11.0. The van der Waals surface area contributed by atoms with Crippen LogP contribution in [0.3, 0.4) is 0 Å². The molecule has 3 heterocycles. The maximum Gasteiger partial charge on any atom is 0.144 e. The first-order valence-electron chi connectivity index (χ1n) is 6.53. The standard InChI is InChI=1S/C15H14N4O/c1-15(20,14-17-6-7-18-14)13-11-5-3-2-4-10(11)12-8-16-9-19(12)13/h2-9,13,20H,1H3,(H,17,18)/t13-,15?/m0/s1. The number of rotatable bonds is 2. The molecule has 2 atom stereocenters. The van der Waals surface area contributed by atoms with Gasteiger partial charge >= 0.3 is 0 Å². The minimum atomic E-state index is -1.13. The Morgan fingerprint density at radius 2 is 2.20 bits per heavy atom. The van der Waals surface area contributed by atoms with Gasteiger partial charge in [0.15, 0.2) is 0 Å². The van der Waals surface area contributed by atoms with E-state index in [2.05, 4.69) is 21.0 Å². The lowest BCUT2D eigenvalue weighted by Crippen LogP contribution is -2.34. The first-order chi connectivity index (χ1) is 9.69. The van der Waals surface area contributed by atoms with Gasteiger partial charge in [-0.05, 0) is 12.5 Å². The molecule has 0 radical (unpaired) electrons. The molecule has 0 saturated heterocycles. The number of hydrogen-bond acceptors (Lipinski definition) is 3. The van der Waals surface area contributed by atoms with Crippen molar-refractivity contribution >= 4 is 0 Å². The Bertz CT molecular complexity index is 758. The second-order valence-electron chi connectivity index (χ2n) is 5.26. The lowest BCUT2D eigenvalue weighted by Gasteiger charge is -2.30. The maximum absolute atomic E-state index is 11.0. The van der Waals surface area contributed by atoms with E-state index in [0.29, 0.717) is 5.82 Å². The number of fused-ring (bicyclic) bond motifs is 3. The molecule has 20 heavy (non-hydrogen) atoms. The number of benzene rings is 1. The third-order valence-corrected chi connectivity index (χ3v) is 3.99. The van der Waals surface area contributed by atoms with Crippen molar-refractivity contribution < 1.29 is 5.11 Å². The second-order valence-corrected chi connectivity index (χ2v) is 5.26.